The summed E-state index contributed by atoms with van der Waals surface area (Å²) < 4.78 is 38.7. The fraction of sp³-hybridized carbons (Fsp3) is 0.406. The zero-order chi connectivity index (χ0) is 32.8. The summed E-state index contributed by atoms with van der Waals surface area (Å²) in [5, 5.41) is 51.7. The van der Waals surface area contributed by atoms with Crippen molar-refractivity contribution in [2.24, 2.45) is 11.8 Å². The van der Waals surface area contributed by atoms with E-state index in [0.717, 1.165) is 0 Å². The van der Waals surface area contributed by atoms with E-state index in [0.29, 0.717) is 11.1 Å². The number of Topliss-reactive ketones (excluding diaryl/α,β-unsaturated/α-hetero) is 1. The summed E-state index contributed by atoms with van der Waals surface area (Å²) in [7, 11) is 6.89. The molecule has 5 N–H and O–H groups in total. The third kappa shape index (κ3) is 6.66. The maximum absolute atomic E-state index is 13.6. The van der Waals surface area contributed by atoms with Crippen LogP contribution < -0.4 is 28.4 Å². The van der Waals surface area contributed by atoms with Crippen LogP contribution in [0, 0.1) is 11.8 Å². The Morgan fingerprint density at radius 1 is 0.844 bits per heavy atom. The van der Waals surface area contributed by atoms with Gasteiger partial charge in [-0.2, -0.15) is 0 Å². The van der Waals surface area contributed by atoms with E-state index < -0.39 is 36.8 Å². The fourth-order valence-corrected chi connectivity index (χ4v) is 5.38. The predicted molar refractivity (Wildman–Crippen MR) is 159 cm³/mol. The first-order valence-electron chi connectivity index (χ1n) is 14.0. The Kier molecular flexibility index (Phi) is 10.8. The van der Waals surface area contributed by atoms with Crippen LogP contribution in [0.15, 0.2) is 42.5 Å². The second kappa shape index (κ2) is 14.6. The first-order chi connectivity index (χ1) is 21.6. The molecular weight excluding hydrogens is 592 g/mol. The number of benzene rings is 3. The Hall–Kier alpha value is -4.43. The molecule has 0 unspecified atom stereocenters. The van der Waals surface area contributed by atoms with Crippen molar-refractivity contribution in [3.8, 4) is 46.0 Å². The third-order valence-electron chi connectivity index (χ3n) is 7.83. The molecule has 5 atom stereocenters. The zero-order valence-corrected chi connectivity index (χ0v) is 25.6. The van der Waals surface area contributed by atoms with Crippen LogP contribution in [0.1, 0.15) is 33.7 Å². The number of carbonyl (C=O) groups excluding carboxylic acids is 1. The lowest BCUT2D eigenvalue weighted by Gasteiger charge is -2.26. The molecule has 0 radical (unpaired) electrons. The van der Waals surface area contributed by atoms with E-state index >= 15 is 0 Å². The second-order valence-corrected chi connectivity index (χ2v) is 10.3. The van der Waals surface area contributed by atoms with Crippen LogP contribution in [-0.2, 0) is 4.74 Å². The summed E-state index contributed by atoms with van der Waals surface area (Å²) in [4.78, 5) is 13.6. The van der Waals surface area contributed by atoms with Gasteiger partial charge in [0.15, 0.2) is 46.4 Å². The molecule has 13 nitrogen and oxygen atoms in total. The van der Waals surface area contributed by atoms with E-state index in [2.05, 4.69) is 0 Å². The van der Waals surface area contributed by atoms with Gasteiger partial charge in [-0.05, 0) is 47.5 Å². The Morgan fingerprint density at radius 3 is 1.93 bits per heavy atom. The summed E-state index contributed by atoms with van der Waals surface area (Å²) in [6.07, 6.45) is -3.26. The number of carbonyl (C=O) groups is 1. The Bertz CT molecular complexity index is 1440. The molecule has 0 bridgehead atoms. The molecule has 1 saturated heterocycles. The van der Waals surface area contributed by atoms with Gasteiger partial charge in [-0.15, -0.1) is 0 Å². The molecule has 1 fully saturated rings. The number of ketones is 1. The molecular formula is C32H38O13. The van der Waals surface area contributed by atoms with Crippen LogP contribution in [0.3, 0.4) is 0 Å². The molecule has 3 aromatic carbocycles. The number of rotatable bonds is 14. The van der Waals surface area contributed by atoms with E-state index in [4.69, 9.17) is 33.2 Å². The number of hydrogen-bond acceptors (Lipinski definition) is 13. The van der Waals surface area contributed by atoms with Gasteiger partial charge in [0.25, 0.3) is 0 Å². The number of hydrogen-bond donors (Lipinski definition) is 5. The molecule has 4 rings (SSSR count). The molecule has 0 spiro atoms. The molecule has 0 amide bonds. The highest BCUT2D eigenvalue weighted by Crippen LogP contribution is 2.47. The van der Waals surface area contributed by atoms with Crippen molar-refractivity contribution in [2.45, 2.75) is 18.3 Å². The van der Waals surface area contributed by atoms with Gasteiger partial charge < -0.3 is 58.7 Å². The summed E-state index contributed by atoms with van der Waals surface area (Å²) in [5.74, 6) is -1.39. The maximum atomic E-state index is 13.6. The number of aliphatic hydroxyl groups is 3. The molecule has 1 aliphatic heterocycles. The minimum Gasteiger partial charge on any atom is -0.504 e. The molecule has 3 aromatic rings. The summed E-state index contributed by atoms with van der Waals surface area (Å²) in [5.41, 5.74) is 1.06. The van der Waals surface area contributed by atoms with Gasteiger partial charge in [-0.25, -0.2) is 0 Å². The molecule has 0 aromatic heterocycles. The summed E-state index contributed by atoms with van der Waals surface area (Å²) in [6.45, 7) is -0.976. The SMILES string of the molecule is COc1cc([C@H](O)[C@@H](CO)Oc2c(OC)cc([C@@H]3OC[C@H](C(=O)c4cc(OC)c(O)c(OC)c4)[C@H]3CO)cc2OC)ccc1O. The highest BCUT2D eigenvalue weighted by molar-refractivity contribution is 5.99. The largest absolute Gasteiger partial charge is 0.504 e. The number of phenols is 2. The van der Waals surface area contributed by atoms with Crippen LogP contribution in [-0.4, -0.2) is 92.8 Å². The standard InChI is InChI=1S/C32H38O13/c1-39-22-8-16(6-7-21(22)35)29(37)27(14-34)45-32-25(42-4)11-18(12-26(32)43-5)31-19(13-33)20(15-44-31)28(36)17-9-23(40-2)30(38)24(10-17)41-3/h6-12,19-20,27,29,31,33-35,37-38H,13-15H2,1-5H3/t19-,20+,27-,29+,31+/m1/s1. The quantitative estimate of drug-likeness (QED) is 0.164. The van der Waals surface area contributed by atoms with Crippen LogP contribution in [0.25, 0.3) is 0 Å². The Balaban J connectivity index is 1.63. The van der Waals surface area contributed by atoms with Crippen molar-refractivity contribution in [3.05, 3.63) is 59.2 Å². The van der Waals surface area contributed by atoms with Crippen LogP contribution in [0.5, 0.6) is 46.0 Å². The third-order valence-corrected chi connectivity index (χ3v) is 7.83. The maximum Gasteiger partial charge on any atom is 0.204 e. The smallest absolute Gasteiger partial charge is 0.204 e. The summed E-state index contributed by atoms with van der Waals surface area (Å²) in [6, 6.07) is 10.3. The average Bonchev–Trinajstić information content (AvgIpc) is 3.50. The number of aromatic hydroxyl groups is 2. The lowest BCUT2D eigenvalue weighted by atomic mass is 9.83. The molecule has 45 heavy (non-hydrogen) atoms. The van der Waals surface area contributed by atoms with Crippen LogP contribution >= 0.6 is 0 Å². The fourth-order valence-electron chi connectivity index (χ4n) is 5.38. The van der Waals surface area contributed by atoms with Crippen molar-refractivity contribution >= 4 is 5.78 Å². The van der Waals surface area contributed by atoms with Crippen molar-refractivity contribution in [1.29, 1.82) is 0 Å². The molecule has 1 aliphatic rings. The molecule has 0 aliphatic carbocycles. The van der Waals surface area contributed by atoms with E-state index in [-0.39, 0.29) is 70.6 Å². The minimum absolute atomic E-state index is 0.00200. The van der Waals surface area contributed by atoms with Gasteiger partial charge in [0, 0.05) is 18.1 Å². The van der Waals surface area contributed by atoms with E-state index in [9.17, 15) is 30.3 Å². The van der Waals surface area contributed by atoms with E-state index in [1.54, 1.807) is 12.1 Å². The van der Waals surface area contributed by atoms with Gasteiger partial charge in [0.1, 0.15) is 6.10 Å². The Labute approximate surface area is 260 Å². The predicted octanol–water partition coefficient (Wildman–Crippen LogP) is 2.79. The number of methoxy groups -OCH3 is 5. The average molecular weight is 631 g/mol. The normalized spacial score (nSPS) is 19.0. The highest BCUT2D eigenvalue weighted by atomic mass is 16.6. The lowest BCUT2D eigenvalue weighted by molar-refractivity contribution is -0.00186. The first-order valence-corrected chi connectivity index (χ1v) is 14.0. The van der Waals surface area contributed by atoms with Crippen molar-refractivity contribution in [3.63, 3.8) is 0 Å². The van der Waals surface area contributed by atoms with Gasteiger partial charge in [-0.3, -0.25) is 4.79 Å². The number of ether oxygens (including phenoxy) is 7. The van der Waals surface area contributed by atoms with Gasteiger partial charge in [-0.1, -0.05) is 6.07 Å². The van der Waals surface area contributed by atoms with E-state index in [1.807, 2.05) is 0 Å². The zero-order valence-electron chi connectivity index (χ0n) is 25.6. The number of phenolic OH excluding ortho intramolecular Hbond substituents is 2. The number of aliphatic hydroxyl groups excluding tert-OH is 3. The molecule has 244 valence electrons. The monoisotopic (exact) mass is 630 g/mol. The van der Waals surface area contributed by atoms with Gasteiger partial charge in [0.2, 0.25) is 11.5 Å². The topological polar surface area (TPSA) is 183 Å². The van der Waals surface area contributed by atoms with Crippen LogP contribution in [0.2, 0.25) is 0 Å². The van der Waals surface area contributed by atoms with E-state index in [1.165, 1.54) is 65.9 Å². The molecule has 13 heteroatoms. The Morgan fingerprint density at radius 2 is 1.42 bits per heavy atom. The first kappa shape index (κ1) is 33.5. The molecule has 0 saturated carbocycles. The van der Waals surface area contributed by atoms with Crippen molar-refractivity contribution in [2.75, 3.05) is 55.4 Å². The lowest BCUT2D eigenvalue weighted by Crippen LogP contribution is -2.29. The highest BCUT2D eigenvalue weighted by Gasteiger charge is 2.43. The van der Waals surface area contributed by atoms with Gasteiger partial charge >= 0.3 is 0 Å². The second-order valence-electron chi connectivity index (χ2n) is 10.3. The summed E-state index contributed by atoms with van der Waals surface area (Å²) >= 11 is 0. The van der Waals surface area contributed by atoms with Gasteiger partial charge in [0.05, 0.1) is 60.8 Å². The molecule has 1 heterocycles. The minimum atomic E-state index is -1.33. The van der Waals surface area contributed by atoms with Crippen molar-refractivity contribution < 1.29 is 63.5 Å². The van der Waals surface area contributed by atoms with Crippen molar-refractivity contribution in [1.82, 2.24) is 0 Å². The van der Waals surface area contributed by atoms with Crippen LogP contribution in [0.4, 0.5) is 0 Å².